The van der Waals surface area contributed by atoms with E-state index in [-0.39, 0.29) is 18.0 Å². The summed E-state index contributed by atoms with van der Waals surface area (Å²) in [5, 5.41) is 3.32. The molecular formula is C20H16ClNO2S. The van der Waals surface area contributed by atoms with Crippen molar-refractivity contribution in [2.45, 2.75) is 19.8 Å². The Morgan fingerprint density at radius 3 is 2.44 bits per heavy atom. The van der Waals surface area contributed by atoms with Crippen LogP contribution in [-0.2, 0) is 17.6 Å². The predicted molar refractivity (Wildman–Crippen MR) is 101 cm³/mol. The summed E-state index contributed by atoms with van der Waals surface area (Å²) in [6, 6.07) is 14.7. The smallest absolute Gasteiger partial charge is 0.169 e. The van der Waals surface area contributed by atoms with Crippen molar-refractivity contribution in [3.63, 3.8) is 0 Å². The molecule has 0 N–H and O–H groups in total. The van der Waals surface area contributed by atoms with Gasteiger partial charge >= 0.3 is 0 Å². The maximum absolute atomic E-state index is 12.4. The zero-order chi connectivity index (χ0) is 17.8. The first-order valence-corrected chi connectivity index (χ1v) is 9.09. The second-order valence-corrected chi connectivity index (χ2v) is 7.13. The minimum absolute atomic E-state index is 0.00873. The maximum atomic E-state index is 12.4. The average Bonchev–Trinajstić information content (AvgIpc) is 3.03. The zero-order valence-electron chi connectivity index (χ0n) is 13.7. The van der Waals surface area contributed by atoms with Gasteiger partial charge in [0.15, 0.2) is 5.78 Å². The van der Waals surface area contributed by atoms with Gasteiger partial charge < -0.3 is 0 Å². The summed E-state index contributed by atoms with van der Waals surface area (Å²) in [5.41, 5.74) is 3.20. The van der Waals surface area contributed by atoms with Crippen LogP contribution < -0.4 is 0 Å². The van der Waals surface area contributed by atoms with Gasteiger partial charge in [-0.05, 0) is 18.6 Å². The lowest BCUT2D eigenvalue weighted by molar-refractivity contribution is -0.116. The van der Waals surface area contributed by atoms with E-state index in [1.807, 2.05) is 41.8 Å². The van der Waals surface area contributed by atoms with E-state index in [0.717, 1.165) is 21.8 Å². The maximum Gasteiger partial charge on any atom is 0.169 e. The van der Waals surface area contributed by atoms with Crippen LogP contribution in [0.5, 0.6) is 0 Å². The monoisotopic (exact) mass is 369 g/mol. The molecule has 0 spiro atoms. The molecular weight excluding hydrogens is 354 g/mol. The molecule has 3 aromatic rings. The van der Waals surface area contributed by atoms with Crippen LogP contribution in [0.25, 0.3) is 11.3 Å². The van der Waals surface area contributed by atoms with E-state index in [1.54, 1.807) is 19.1 Å². The number of nitrogens with zero attached hydrogens (tertiary/aromatic N) is 1. The Labute approximate surface area is 155 Å². The highest BCUT2D eigenvalue weighted by Crippen LogP contribution is 2.28. The van der Waals surface area contributed by atoms with Gasteiger partial charge in [-0.25, -0.2) is 4.98 Å². The summed E-state index contributed by atoms with van der Waals surface area (Å²) in [7, 11) is 0. The first-order valence-electron chi connectivity index (χ1n) is 7.84. The number of aromatic nitrogens is 1. The van der Waals surface area contributed by atoms with Crippen molar-refractivity contribution in [1.29, 1.82) is 0 Å². The number of ketones is 2. The fourth-order valence-corrected chi connectivity index (χ4v) is 3.55. The van der Waals surface area contributed by atoms with E-state index >= 15 is 0 Å². The van der Waals surface area contributed by atoms with Crippen molar-refractivity contribution < 1.29 is 9.59 Å². The summed E-state index contributed by atoms with van der Waals surface area (Å²) >= 11 is 7.65. The van der Waals surface area contributed by atoms with Gasteiger partial charge in [0, 0.05) is 28.0 Å². The standard InChI is InChI=1S/C20H16ClNO2S/c1-13(23)10-14-6-8-15(9-7-14)19(24)11-20-22-18(12-25-20)16-4-2-3-5-17(16)21/h2-9,12H,10-11H2,1H3. The van der Waals surface area contributed by atoms with Crippen LogP contribution in [0.1, 0.15) is 27.9 Å². The van der Waals surface area contributed by atoms with Crippen LogP contribution >= 0.6 is 22.9 Å². The van der Waals surface area contributed by atoms with E-state index in [9.17, 15) is 9.59 Å². The van der Waals surface area contributed by atoms with Gasteiger partial charge in [-0.3, -0.25) is 9.59 Å². The van der Waals surface area contributed by atoms with E-state index in [1.165, 1.54) is 11.3 Å². The molecule has 0 radical (unpaired) electrons. The van der Waals surface area contributed by atoms with Crippen molar-refractivity contribution >= 4 is 34.5 Å². The van der Waals surface area contributed by atoms with E-state index < -0.39 is 0 Å². The highest BCUT2D eigenvalue weighted by atomic mass is 35.5. The summed E-state index contributed by atoms with van der Waals surface area (Å²) in [6.07, 6.45) is 0.642. The molecule has 5 heteroatoms. The lowest BCUT2D eigenvalue weighted by Gasteiger charge is -2.02. The number of hydrogen-bond acceptors (Lipinski definition) is 4. The quantitative estimate of drug-likeness (QED) is 0.573. The van der Waals surface area contributed by atoms with E-state index in [2.05, 4.69) is 4.98 Å². The predicted octanol–water partition coefficient (Wildman–Crippen LogP) is 5.02. The molecule has 0 amide bonds. The molecule has 0 saturated heterocycles. The molecule has 1 heterocycles. The number of Topliss-reactive ketones (excluding diaryl/α,β-unsaturated/α-hetero) is 2. The molecule has 0 unspecified atom stereocenters. The normalized spacial score (nSPS) is 10.6. The van der Waals surface area contributed by atoms with Crippen molar-refractivity contribution in [1.82, 2.24) is 4.98 Å². The third-order valence-electron chi connectivity index (χ3n) is 3.74. The van der Waals surface area contributed by atoms with Crippen LogP contribution in [-0.4, -0.2) is 16.6 Å². The minimum Gasteiger partial charge on any atom is -0.300 e. The van der Waals surface area contributed by atoms with Gasteiger partial charge in [-0.2, -0.15) is 0 Å². The van der Waals surface area contributed by atoms with Crippen LogP contribution in [0.4, 0.5) is 0 Å². The third kappa shape index (κ3) is 4.41. The Bertz CT molecular complexity index is 915. The topological polar surface area (TPSA) is 47.0 Å². The van der Waals surface area contributed by atoms with Crippen LogP contribution in [0, 0.1) is 0 Å². The molecule has 0 saturated carbocycles. The Balaban J connectivity index is 1.71. The number of halogens is 1. The van der Waals surface area contributed by atoms with Gasteiger partial charge in [-0.1, -0.05) is 54.1 Å². The van der Waals surface area contributed by atoms with Crippen LogP contribution in [0.15, 0.2) is 53.9 Å². The number of benzene rings is 2. The zero-order valence-corrected chi connectivity index (χ0v) is 15.2. The Morgan fingerprint density at radius 1 is 1.04 bits per heavy atom. The van der Waals surface area contributed by atoms with Gasteiger partial charge in [0.2, 0.25) is 0 Å². The van der Waals surface area contributed by atoms with Crippen molar-refractivity contribution in [3.05, 3.63) is 75.1 Å². The fraction of sp³-hybridized carbons (Fsp3) is 0.150. The SMILES string of the molecule is CC(=O)Cc1ccc(C(=O)Cc2nc(-c3ccccc3Cl)cs2)cc1. The molecule has 0 aliphatic carbocycles. The molecule has 1 aromatic heterocycles. The second-order valence-electron chi connectivity index (χ2n) is 5.78. The number of rotatable bonds is 6. The van der Waals surface area contributed by atoms with Crippen LogP contribution in [0.2, 0.25) is 5.02 Å². The van der Waals surface area contributed by atoms with Crippen molar-refractivity contribution in [2.24, 2.45) is 0 Å². The fourth-order valence-electron chi connectivity index (χ4n) is 2.52. The largest absolute Gasteiger partial charge is 0.300 e. The number of thiazole rings is 1. The molecule has 2 aromatic carbocycles. The van der Waals surface area contributed by atoms with Gasteiger partial charge in [0.25, 0.3) is 0 Å². The molecule has 3 nitrogen and oxygen atoms in total. The second kappa shape index (κ2) is 7.72. The number of carbonyl (C=O) groups excluding carboxylic acids is 2. The Hall–Kier alpha value is -2.30. The highest BCUT2D eigenvalue weighted by molar-refractivity contribution is 7.10. The molecule has 0 aliphatic rings. The summed E-state index contributed by atoms with van der Waals surface area (Å²) in [4.78, 5) is 28.1. The van der Waals surface area contributed by atoms with E-state index in [4.69, 9.17) is 11.6 Å². The van der Waals surface area contributed by atoms with Crippen molar-refractivity contribution in [3.8, 4) is 11.3 Å². The number of carbonyl (C=O) groups is 2. The first-order chi connectivity index (χ1) is 12.0. The lowest BCUT2D eigenvalue weighted by atomic mass is 10.0. The molecule has 0 aliphatic heterocycles. The minimum atomic E-state index is 0.00873. The van der Waals surface area contributed by atoms with Gasteiger partial charge in [0.05, 0.1) is 12.1 Å². The summed E-state index contributed by atoms with van der Waals surface area (Å²) in [6.45, 7) is 1.55. The molecule has 126 valence electrons. The Morgan fingerprint density at radius 2 is 1.76 bits per heavy atom. The van der Waals surface area contributed by atoms with Gasteiger partial charge in [0.1, 0.15) is 10.8 Å². The summed E-state index contributed by atoms with van der Waals surface area (Å²) < 4.78 is 0. The summed E-state index contributed by atoms with van der Waals surface area (Å²) in [5.74, 6) is 0.114. The first kappa shape index (κ1) is 17.5. The third-order valence-corrected chi connectivity index (χ3v) is 4.92. The molecule has 0 fully saturated rings. The molecule has 0 atom stereocenters. The average molecular weight is 370 g/mol. The molecule has 25 heavy (non-hydrogen) atoms. The highest BCUT2D eigenvalue weighted by Gasteiger charge is 2.12. The van der Waals surface area contributed by atoms with Crippen molar-refractivity contribution in [2.75, 3.05) is 0 Å². The molecule has 0 bridgehead atoms. The van der Waals surface area contributed by atoms with Gasteiger partial charge in [-0.15, -0.1) is 11.3 Å². The lowest BCUT2D eigenvalue weighted by Crippen LogP contribution is -2.04. The number of hydrogen-bond donors (Lipinski definition) is 0. The molecule has 3 rings (SSSR count). The Kier molecular flexibility index (Phi) is 5.41. The van der Waals surface area contributed by atoms with E-state index in [0.29, 0.717) is 17.0 Å². The van der Waals surface area contributed by atoms with Crippen LogP contribution in [0.3, 0.4) is 0 Å².